The Hall–Kier alpha value is -4.64. The van der Waals surface area contributed by atoms with Gasteiger partial charge in [0, 0.05) is 55.7 Å². The highest BCUT2D eigenvalue weighted by Gasteiger charge is 2.19. The fourth-order valence-corrected chi connectivity index (χ4v) is 4.73. The van der Waals surface area contributed by atoms with Crippen LogP contribution in [0.5, 0.6) is 0 Å². The molecule has 0 aliphatic carbocycles. The zero-order chi connectivity index (χ0) is 32.6. The van der Waals surface area contributed by atoms with Gasteiger partial charge in [0.1, 0.15) is 12.1 Å². The van der Waals surface area contributed by atoms with Crippen LogP contribution in [0.3, 0.4) is 0 Å². The van der Waals surface area contributed by atoms with Gasteiger partial charge in [0.2, 0.25) is 5.91 Å². The quantitative estimate of drug-likeness (QED) is 0.186. The maximum Gasteiger partial charge on any atom is 0.410 e. The molecule has 0 saturated carbocycles. The Balaban J connectivity index is 1.24. The van der Waals surface area contributed by atoms with Gasteiger partial charge >= 0.3 is 6.09 Å². The van der Waals surface area contributed by atoms with Crippen LogP contribution in [0.1, 0.15) is 48.7 Å². The second kappa shape index (κ2) is 14.9. The molecule has 240 valence electrons. The van der Waals surface area contributed by atoms with Crippen molar-refractivity contribution in [2.75, 3.05) is 32.1 Å². The van der Waals surface area contributed by atoms with E-state index in [4.69, 9.17) is 9.47 Å². The number of rotatable bonds is 13. The maximum absolute atomic E-state index is 13.2. The van der Waals surface area contributed by atoms with Crippen molar-refractivity contribution < 1.29 is 19.1 Å². The molecule has 2 aromatic carbocycles. The van der Waals surface area contributed by atoms with Crippen molar-refractivity contribution in [1.82, 2.24) is 24.8 Å². The molecule has 0 aliphatic heterocycles. The molecule has 4 aromatic rings. The van der Waals surface area contributed by atoms with Gasteiger partial charge in [-0.2, -0.15) is 0 Å². The fraction of sp³-hybridized carbons (Fsp3) is 0.412. The molecule has 0 aliphatic rings. The number of anilines is 1. The Morgan fingerprint density at radius 2 is 1.84 bits per heavy atom. The summed E-state index contributed by atoms with van der Waals surface area (Å²) in [6.07, 6.45) is 3.84. The van der Waals surface area contributed by atoms with Crippen LogP contribution in [0.15, 0.2) is 59.7 Å². The van der Waals surface area contributed by atoms with E-state index in [0.29, 0.717) is 45.0 Å². The number of carbonyl (C=O) groups is 2. The predicted molar refractivity (Wildman–Crippen MR) is 175 cm³/mol. The first-order valence-electron chi connectivity index (χ1n) is 15.1. The third-order valence-electron chi connectivity index (χ3n) is 7.24. The molecule has 4 rings (SSSR count). The second-order valence-electron chi connectivity index (χ2n) is 12.2. The SMILES string of the molecule is Cc1c[nH]c2ccc(CNC(=O)Cn3c(C)cnc(NCCc4cccc(COCCN(C)C(=O)OC(C)(C)C)c4)c3=O)cc12. The Bertz CT molecular complexity index is 1690. The van der Waals surface area contributed by atoms with Crippen molar-refractivity contribution in [2.45, 2.75) is 66.3 Å². The molecular weight excluding hydrogens is 572 g/mol. The number of carbonyl (C=O) groups excluding carboxylic acids is 2. The Labute approximate surface area is 263 Å². The van der Waals surface area contributed by atoms with Crippen molar-refractivity contribution in [2.24, 2.45) is 0 Å². The number of nitrogens with one attached hydrogen (secondary N) is 3. The highest BCUT2D eigenvalue weighted by Crippen LogP contribution is 2.19. The van der Waals surface area contributed by atoms with E-state index in [1.165, 1.54) is 9.47 Å². The highest BCUT2D eigenvalue weighted by atomic mass is 16.6. The summed E-state index contributed by atoms with van der Waals surface area (Å²) in [6, 6.07) is 14.1. The van der Waals surface area contributed by atoms with Gasteiger partial charge in [-0.3, -0.25) is 14.2 Å². The lowest BCUT2D eigenvalue weighted by atomic mass is 10.1. The van der Waals surface area contributed by atoms with E-state index >= 15 is 0 Å². The lowest BCUT2D eigenvalue weighted by molar-refractivity contribution is -0.121. The minimum Gasteiger partial charge on any atom is -0.444 e. The highest BCUT2D eigenvalue weighted by molar-refractivity contribution is 5.83. The number of nitrogens with zero attached hydrogens (tertiary/aromatic N) is 3. The first kappa shape index (κ1) is 33.3. The number of aryl methyl sites for hydroxylation is 2. The molecule has 0 saturated heterocycles. The first-order chi connectivity index (χ1) is 21.4. The lowest BCUT2D eigenvalue weighted by Crippen LogP contribution is -2.36. The van der Waals surface area contributed by atoms with Crippen molar-refractivity contribution in [1.29, 1.82) is 0 Å². The van der Waals surface area contributed by atoms with Crippen molar-refractivity contribution in [3.63, 3.8) is 0 Å². The predicted octanol–water partition coefficient (Wildman–Crippen LogP) is 4.70. The lowest BCUT2D eigenvalue weighted by Gasteiger charge is -2.24. The molecule has 0 fully saturated rings. The van der Waals surface area contributed by atoms with E-state index in [9.17, 15) is 14.4 Å². The maximum atomic E-state index is 13.2. The standard InChI is InChI=1S/C34H44N6O5/c1-23-18-36-29-11-10-26(17-28(23)29)20-37-30(41)21-40-24(2)19-38-31(32(40)42)35-13-12-25-8-7-9-27(16-25)22-44-15-14-39(6)33(43)45-34(3,4)5/h7-11,16-19,36H,12-15,20-22H2,1-6H3,(H,35,38)(H,37,41). The van der Waals surface area contributed by atoms with E-state index in [-0.39, 0.29) is 29.9 Å². The summed E-state index contributed by atoms with van der Waals surface area (Å²) in [6.45, 7) is 11.3. The summed E-state index contributed by atoms with van der Waals surface area (Å²) in [4.78, 5) is 47.0. The fourth-order valence-electron chi connectivity index (χ4n) is 4.73. The minimum absolute atomic E-state index is 0.0943. The molecule has 0 unspecified atom stereocenters. The van der Waals surface area contributed by atoms with E-state index < -0.39 is 5.60 Å². The number of H-pyrrole nitrogens is 1. The average Bonchev–Trinajstić information content (AvgIpc) is 3.36. The van der Waals surface area contributed by atoms with Crippen LogP contribution in [0, 0.1) is 13.8 Å². The molecule has 45 heavy (non-hydrogen) atoms. The van der Waals surface area contributed by atoms with Gasteiger partial charge in [-0.05, 0) is 75.4 Å². The third-order valence-corrected chi connectivity index (χ3v) is 7.24. The monoisotopic (exact) mass is 616 g/mol. The van der Waals surface area contributed by atoms with Crippen LogP contribution in [0.4, 0.5) is 10.6 Å². The summed E-state index contributed by atoms with van der Waals surface area (Å²) in [5.41, 5.74) is 5.01. The zero-order valence-electron chi connectivity index (χ0n) is 27.0. The minimum atomic E-state index is -0.539. The molecule has 11 heteroatoms. The van der Waals surface area contributed by atoms with Crippen LogP contribution in [-0.4, -0.2) is 63.8 Å². The number of hydrogen-bond acceptors (Lipinski definition) is 7. The molecule has 2 heterocycles. The second-order valence-corrected chi connectivity index (χ2v) is 12.2. The van der Waals surface area contributed by atoms with Gasteiger partial charge in [0.15, 0.2) is 5.82 Å². The van der Waals surface area contributed by atoms with Gasteiger partial charge in [0.25, 0.3) is 5.56 Å². The summed E-state index contributed by atoms with van der Waals surface area (Å²) in [5.74, 6) is -0.0471. The number of benzene rings is 2. The number of aromatic nitrogens is 3. The van der Waals surface area contributed by atoms with E-state index in [0.717, 1.165) is 33.2 Å². The number of ether oxygens (including phenoxy) is 2. The number of aromatic amines is 1. The van der Waals surface area contributed by atoms with Gasteiger partial charge in [-0.15, -0.1) is 0 Å². The summed E-state index contributed by atoms with van der Waals surface area (Å²) >= 11 is 0. The van der Waals surface area contributed by atoms with Crippen LogP contribution in [-0.2, 0) is 40.4 Å². The molecule has 0 spiro atoms. The topological polar surface area (TPSA) is 131 Å². The molecule has 3 N–H and O–H groups in total. The summed E-state index contributed by atoms with van der Waals surface area (Å²) < 4.78 is 12.6. The number of fused-ring (bicyclic) bond motifs is 1. The number of hydrogen-bond donors (Lipinski definition) is 3. The average molecular weight is 617 g/mol. The van der Waals surface area contributed by atoms with E-state index in [2.05, 4.69) is 32.7 Å². The molecule has 11 nitrogen and oxygen atoms in total. The van der Waals surface area contributed by atoms with Gasteiger partial charge in [-0.1, -0.05) is 30.3 Å². The zero-order valence-corrected chi connectivity index (χ0v) is 27.0. The van der Waals surface area contributed by atoms with Crippen molar-refractivity contribution >= 4 is 28.7 Å². The molecule has 0 radical (unpaired) electrons. The molecule has 0 atom stereocenters. The Morgan fingerprint density at radius 3 is 2.62 bits per heavy atom. The Morgan fingerprint density at radius 1 is 1.07 bits per heavy atom. The largest absolute Gasteiger partial charge is 0.444 e. The van der Waals surface area contributed by atoms with Crippen LogP contribution in [0.2, 0.25) is 0 Å². The smallest absolute Gasteiger partial charge is 0.410 e. The summed E-state index contributed by atoms with van der Waals surface area (Å²) in [7, 11) is 1.69. The van der Waals surface area contributed by atoms with E-state index in [1.54, 1.807) is 20.2 Å². The molecular formula is C34H44N6O5. The van der Waals surface area contributed by atoms with Gasteiger partial charge < -0.3 is 30.0 Å². The number of likely N-dealkylation sites (N-methyl/N-ethyl adjacent to an activating group) is 1. The third kappa shape index (κ3) is 9.67. The van der Waals surface area contributed by atoms with E-state index in [1.807, 2.05) is 64.2 Å². The first-order valence-corrected chi connectivity index (χ1v) is 15.1. The molecule has 0 bridgehead atoms. The summed E-state index contributed by atoms with van der Waals surface area (Å²) in [5, 5.41) is 7.18. The normalized spacial score (nSPS) is 11.4. The van der Waals surface area contributed by atoms with Crippen LogP contribution in [0.25, 0.3) is 10.9 Å². The number of amides is 2. The van der Waals surface area contributed by atoms with Crippen LogP contribution >= 0.6 is 0 Å². The van der Waals surface area contributed by atoms with Crippen molar-refractivity contribution in [3.05, 3.63) is 93.2 Å². The van der Waals surface area contributed by atoms with Gasteiger partial charge in [-0.25, -0.2) is 9.78 Å². The molecule has 2 aromatic heterocycles. The van der Waals surface area contributed by atoms with Crippen LogP contribution < -0.4 is 16.2 Å². The Kier molecular flexibility index (Phi) is 11.0. The van der Waals surface area contributed by atoms with Gasteiger partial charge in [0.05, 0.1) is 13.2 Å². The molecule has 2 amide bonds. The van der Waals surface area contributed by atoms with Crippen molar-refractivity contribution in [3.8, 4) is 0 Å².